The molecule has 15 heavy (non-hydrogen) atoms. The third-order valence-corrected chi connectivity index (χ3v) is 2.12. The van der Waals surface area contributed by atoms with E-state index >= 15 is 0 Å². The number of ether oxygens (including phenoxy) is 1. The van der Waals surface area contributed by atoms with Crippen LogP contribution in [0.15, 0.2) is 36.4 Å². The van der Waals surface area contributed by atoms with Crippen molar-refractivity contribution in [3.8, 4) is 0 Å². The molecule has 1 fully saturated rings. The summed E-state index contributed by atoms with van der Waals surface area (Å²) >= 11 is 0. The molecule has 0 bridgehead atoms. The Morgan fingerprint density at radius 2 is 2.13 bits per heavy atom. The molecule has 0 saturated carbocycles. The molecule has 2 aliphatic heterocycles. The molecular formula is C10H13KN2O2. The van der Waals surface area contributed by atoms with E-state index in [1.54, 1.807) is 12.3 Å². The van der Waals surface area contributed by atoms with Gasteiger partial charge in [0.1, 0.15) is 0 Å². The monoisotopic (exact) mass is 232 g/mol. The number of nitrogens with one attached hydrogen (secondary N) is 2. The van der Waals surface area contributed by atoms with Crippen molar-refractivity contribution in [3.63, 3.8) is 0 Å². The van der Waals surface area contributed by atoms with E-state index < -0.39 is 0 Å². The Hall–Kier alpha value is 0.0864. The summed E-state index contributed by atoms with van der Waals surface area (Å²) in [4.78, 5) is 11.4. The van der Waals surface area contributed by atoms with Gasteiger partial charge in [-0.05, 0) is 12.2 Å². The minimum atomic E-state index is -0.175. The summed E-state index contributed by atoms with van der Waals surface area (Å²) in [6, 6.07) is 0. The number of carbonyl (C=O) groups is 1. The van der Waals surface area contributed by atoms with Gasteiger partial charge in [0.15, 0.2) is 0 Å². The van der Waals surface area contributed by atoms with Crippen molar-refractivity contribution in [2.45, 2.75) is 0 Å². The molecule has 5 heteroatoms. The van der Waals surface area contributed by atoms with E-state index in [-0.39, 0.29) is 63.3 Å². The van der Waals surface area contributed by atoms with Gasteiger partial charge in [-0.3, -0.25) is 4.79 Å². The number of esters is 1. The van der Waals surface area contributed by atoms with Crippen LogP contribution in [0, 0.1) is 5.92 Å². The quantitative estimate of drug-likeness (QED) is 0.503. The van der Waals surface area contributed by atoms with Gasteiger partial charge in [0.05, 0.1) is 5.92 Å². The molecule has 2 aliphatic rings. The second kappa shape index (κ2) is 6.62. The molecule has 0 aromatic rings. The molecule has 4 nitrogen and oxygen atoms in total. The Balaban J connectivity index is 0.00000112. The zero-order chi connectivity index (χ0) is 9.80. The molecule has 0 atom stereocenters. The average molecular weight is 232 g/mol. The molecule has 1 saturated heterocycles. The molecule has 0 aromatic heterocycles. The van der Waals surface area contributed by atoms with Crippen LogP contribution in [0.3, 0.4) is 0 Å². The fourth-order valence-electron chi connectivity index (χ4n) is 1.15. The molecule has 0 spiro atoms. The van der Waals surface area contributed by atoms with Crippen LogP contribution in [0.25, 0.3) is 0 Å². The standard InChI is InChI=1S/C10H12N2O2.K.H/c13-10(8-6-11-7-8)14-9-4-2-1-3-5-12-9;;/h1-5,8,11-12H,6-7H2;;. The molecule has 2 rings (SSSR count). The third kappa shape index (κ3) is 3.86. The molecule has 0 aliphatic carbocycles. The number of rotatable bonds is 2. The summed E-state index contributed by atoms with van der Waals surface area (Å²) in [5.74, 6) is 0.312. The summed E-state index contributed by atoms with van der Waals surface area (Å²) in [5.41, 5.74) is 0. The Morgan fingerprint density at radius 1 is 1.33 bits per heavy atom. The van der Waals surface area contributed by atoms with E-state index in [9.17, 15) is 4.79 Å². The van der Waals surface area contributed by atoms with Crippen LogP contribution >= 0.6 is 0 Å². The van der Waals surface area contributed by atoms with Crippen molar-refractivity contribution in [1.82, 2.24) is 10.6 Å². The first-order chi connectivity index (χ1) is 6.86. The molecule has 2 heterocycles. The first-order valence-corrected chi connectivity index (χ1v) is 4.59. The summed E-state index contributed by atoms with van der Waals surface area (Å²) in [6.07, 6.45) is 8.96. The van der Waals surface area contributed by atoms with Crippen molar-refractivity contribution < 1.29 is 9.53 Å². The number of carbonyl (C=O) groups excluding carboxylic acids is 1. The van der Waals surface area contributed by atoms with Gasteiger partial charge in [-0.1, -0.05) is 12.2 Å². The average Bonchev–Trinajstić information content (AvgIpc) is 2.29. The first-order valence-electron chi connectivity index (χ1n) is 4.59. The summed E-state index contributed by atoms with van der Waals surface area (Å²) in [7, 11) is 0. The number of hydrogen-bond acceptors (Lipinski definition) is 4. The molecule has 76 valence electrons. The van der Waals surface area contributed by atoms with E-state index in [1.807, 2.05) is 18.2 Å². The fourth-order valence-corrected chi connectivity index (χ4v) is 1.15. The normalized spacial score (nSPS) is 19.1. The van der Waals surface area contributed by atoms with E-state index in [0.29, 0.717) is 5.88 Å². The number of allylic oxidation sites excluding steroid dienone is 4. The van der Waals surface area contributed by atoms with Crippen molar-refractivity contribution in [3.05, 3.63) is 36.4 Å². The molecular weight excluding hydrogens is 219 g/mol. The molecule has 2 N–H and O–H groups in total. The maximum absolute atomic E-state index is 11.4. The van der Waals surface area contributed by atoms with Gasteiger partial charge in [0.25, 0.3) is 0 Å². The fraction of sp³-hybridized carbons (Fsp3) is 0.300. The topological polar surface area (TPSA) is 50.4 Å². The van der Waals surface area contributed by atoms with Gasteiger partial charge in [-0.15, -0.1) is 0 Å². The van der Waals surface area contributed by atoms with E-state index in [4.69, 9.17) is 4.74 Å². The van der Waals surface area contributed by atoms with Crippen LogP contribution < -0.4 is 10.6 Å². The molecule has 0 unspecified atom stereocenters. The predicted molar refractivity (Wildman–Crippen MR) is 59.1 cm³/mol. The molecule has 0 aromatic carbocycles. The van der Waals surface area contributed by atoms with Crippen molar-refractivity contribution in [2.24, 2.45) is 5.92 Å². The van der Waals surface area contributed by atoms with E-state index in [2.05, 4.69) is 10.6 Å². The van der Waals surface area contributed by atoms with Gasteiger partial charge >= 0.3 is 57.4 Å². The van der Waals surface area contributed by atoms with Crippen LogP contribution in [-0.4, -0.2) is 70.4 Å². The van der Waals surface area contributed by atoms with Crippen LogP contribution in [0.5, 0.6) is 0 Å². The van der Waals surface area contributed by atoms with Crippen molar-refractivity contribution in [2.75, 3.05) is 13.1 Å². The van der Waals surface area contributed by atoms with Gasteiger partial charge in [0.2, 0.25) is 5.88 Å². The van der Waals surface area contributed by atoms with Gasteiger partial charge in [-0.2, -0.15) is 0 Å². The summed E-state index contributed by atoms with van der Waals surface area (Å²) in [6.45, 7) is 1.44. The van der Waals surface area contributed by atoms with Crippen LogP contribution in [0.4, 0.5) is 0 Å². The Kier molecular flexibility index (Phi) is 5.81. The second-order valence-electron chi connectivity index (χ2n) is 3.20. The Morgan fingerprint density at radius 3 is 2.80 bits per heavy atom. The van der Waals surface area contributed by atoms with Crippen molar-refractivity contribution >= 4 is 57.4 Å². The first kappa shape index (κ1) is 13.2. The summed E-state index contributed by atoms with van der Waals surface area (Å²) in [5, 5.41) is 5.89. The maximum atomic E-state index is 11.4. The number of hydrogen-bond donors (Lipinski definition) is 2. The molecule has 0 radical (unpaired) electrons. The zero-order valence-electron chi connectivity index (χ0n) is 7.69. The van der Waals surface area contributed by atoms with Crippen LogP contribution in [-0.2, 0) is 9.53 Å². The van der Waals surface area contributed by atoms with Gasteiger partial charge in [-0.25, -0.2) is 0 Å². The predicted octanol–water partition coefficient (Wildman–Crippen LogP) is -0.385. The summed E-state index contributed by atoms with van der Waals surface area (Å²) < 4.78 is 5.14. The van der Waals surface area contributed by atoms with Gasteiger partial charge in [0, 0.05) is 19.3 Å². The molecule has 0 amide bonds. The Bertz CT molecular complexity index is 319. The van der Waals surface area contributed by atoms with Crippen LogP contribution in [0.2, 0.25) is 0 Å². The second-order valence-corrected chi connectivity index (χ2v) is 3.20. The Labute approximate surface area is 131 Å². The SMILES string of the molecule is O=C(OC1=CC=CC=CN1)C1CNC1.[KH]. The zero-order valence-corrected chi connectivity index (χ0v) is 7.69. The third-order valence-electron chi connectivity index (χ3n) is 2.12. The van der Waals surface area contributed by atoms with Crippen LogP contribution in [0.1, 0.15) is 0 Å². The van der Waals surface area contributed by atoms with Gasteiger partial charge < -0.3 is 15.4 Å². The van der Waals surface area contributed by atoms with Crippen molar-refractivity contribution in [1.29, 1.82) is 0 Å². The minimum absolute atomic E-state index is 0. The van der Waals surface area contributed by atoms with E-state index in [1.165, 1.54) is 0 Å². The van der Waals surface area contributed by atoms with E-state index in [0.717, 1.165) is 13.1 Å².